The zero-order chi connectivity index (χ0) is 17.8. The minimum absolute atomic E-state index is 0.188. The number of aromatic nitrogens is 2. The van der Waals surface area contributed by atoms with Crippen molar-refractivity contribution in [3.8, 4) is 11.5 Å². The summed E-state index contributed by atoms with van der Waals surface area (Å²) < 4.78 is 11.3. The van der Waals surface area contributed by atoms with E-state index in [4.69, 9.17) is 9.47 Å². The molecule has 6 heteroatoms. The number of nitrogens with zero attached hydrogens (tertiary/aromatic N) is 2. The normalized spacial score (nSPS) is 12.7. The topological polar surface area (TPSA) is 73.3 Å². The van der Waals surface area contributed by atoms with Crippen LogP contribution in [-0.4, -0.2) is 29.1 Å². The van der Waals surface area contributed by atoms with E-state index in [-0.39, 0.29) is 12.5 Å². The number of carbonyl (C=O) groups excluding carboxylic acids is 1. The molecule has 130 valence electrons. The molecule has 0 atom stereocenters. The number of rotatable bonds is 5. The Morgan fingerprint density at radius 2 is 2.16 bits per heavy atom. The molecular formula is C19H21N3O3. The fourth-order valence-electron chi connectivity index (χ4n) is 2.65. The second-order valence-corrected chi connectivity index (χ2v) is 5.67. The van der Waals surface area contributed by atoms with Crippen molar-refractivity contribution in [1.82, 2.24) is 9.97 Å². The molecule has 0 radical (unpaired) electrons. The monoisotopic (exact) mass is 339 g/mol. The van der Waals surface area contributed by atoms with E-state index >= 15 is 0 Å². The largest absolute Gasteiger partial charge is 0.490 e. The molecule has 1 N–H and O–H groups in total. The summed E-state index contributed by atoms with van der Waals surface area (Å²) in [5.74, 6) is 2.27. The molecule has 0 unspecified atom stereocenters. The Labute approximate surface area is 146 Å². The number of hydrogen-bond donors (Lipinski definition) is 1. The van der Waals surface area contributed by atoms with Gasteiger partial charge in [0.15, 0.2) is 11.5 Å². The van der Waals surface area contributed by atoms with Gasteiger partial charge in [0.1, 0.15) is 18.2 Å². The number of fused-ring (bicyclic) bond motifs is 1. The highest BCUT2D eigenvalue weighted by Gasteiger charge is 2.20. The lowest BCUT2D eigenvalue weighted by molar-refractivity contribution is -0.113. The van der Waals surface area contributed by atoms with E-state index in [9.17, 15) is 4.79 Å². The molecule has 1 aliphatic rings. The van der Waals surface area contributed by atoms with Crippen molar-refractivity contribution in [2.75, 3.05) is 18.5 Å². The van der Waals surface area contributed by atoms with E-state index in [1.165, 1.54) is 0 Å². The SMILES string of the molecule is CCOc1cccc2c1OCC(C(=O)Nc1cc(CC)nc(C)n1)=C2. The fraction of sp³-hybridized carbons (Fsp3) is 0.316. The number of nitrogens with one attached hydrogen (secondary N) is 1. The van der Waals surface area contributed by atoms with Crippen LogP contribution in [0, 0.1) is 6.92 Å². The van der Waals surface area contributed by atoms with Crippen molar-refractivity contribution in [2.24, 2.45) is 0 Å². The molecule has 0 bridgehead atoms. The number of carbonyl (C=O) groups is 1. The van der Waals surface area contributed by atoms with E-state index in [1.54, 1.807) is 6.07 Å². The van der Waals surface area contributed by atoms with Gasteiger partial charge in [-0.25, -0.2) is 9.97 Å². The van der Waals surface area contributed by atoms with Crippen LogP contribution in [0.25, 0.3) is 6.08 Å². The van der Waals surface area contributed by atoms with Gasteiger partial charge in [0, 0.05) is 17.3 Å². The summed E-state index contributed by atoms with van der Waals surface area (Å²) in [5, 5.41) is 2.83. The first-order valence-corrected chi connectivity index (χ1v) is 8.35. The van der Waals surface area contributed by atoms with Crippen LogP contribution in [0.5, 0.6) is 11.5 Å². The zero-order valence-corrected chi connectivity index (χ0v) is 14.6. The molecule has 2 aromatic rings. The van der Waals surface area contributed by atoms with Gasteiger partial charge in [0.05, 0.1) is 12.2 Å². The van der Waals surface area contributed by atoms with E-state index < -0.39 is 0 Å². The smallest absolute Gasteiger partial charge is 0.256 e. The average Bonchev–Trinajstić information content (AvgIpc) is 2.61. The predicted molar refractivity (Wildman–Crippen MR) is 95.9 cm³/mol. The first-order valence-electron chi connectivity index (χ1n) is 8.35. The molecule has 1 amide bonds. The average molecular weight is 339 g/mol. The summed E-state index contributed by atoms with van der Waals surface area (Å²) in [5.41, 5.74) is 2.26. The first kappa shape index (κ1) is 17.0. The molecule has 0 saturated carbocycles. The van der Waals surface area contributed by atoms with Crippen molar-refractivity contribution in [1.29, 1.82) is 0 Å². The van der Waals surface area contributed by atoms with Gasteiger partial charge in [-0.15, -0.1) is 0 Å². The molecule has 2 heterocycles. The Kier molecular flexibility index (Phi) is 4.97. The molecule has 0 fully saturated rings. The molecular weight excluding hydrogens is 318 g/mol. The summed E-state index contributed by atoms with van der Waals surface area (Å²) in [6.45, 7) is 6.49. The van der Waals surface area contributed by atoms with Crippen molar-refractivity contribution >= 4 is 17.8 Å². The highest BCUT2D eigenvalue weighted by atomic mass is 16.5. The van der Waals surface area contributed by atoms with Crippen LogP contribution in [0.1, 0.15) is 30.9 Å². The Morgan fingerprint density at radius 1 is 1.32 bits per heavy atom. The summed E-state index contributed by atoms with van der Waals surface area (Å²) in [6, 6.07) is 7.42. The van der Waals surface area contributed by atoms with Crippen molar-refractivity contribution in [3.63, 3.8) is 0 Å². The fourth-order valence-corrected chi connectivity index (χ4v) is 2.65. The predicted octanol–water partition coefficient (Wildman–Crippen LogP) is 3.16. The third-order valence-corrected chi connectivity index (χ3v) is 3.80. The Morgan fingerprint density at radius 3 is 2.92 bits per heavy atom. The Balaban J connectivity index is 1.82. The van der Waals surface area contributed by atoms with Gasteiger partial charge in [0.2, 0.25) is 0 Å². The van der Waals surface area contributed by atoms with Crippen molar-refractivity contribution in [2.45, 2.75) is 27.2 Å². The van der Waals surface area contributed by atoms with Gasteiger partial charge in [0.25, 0.3) is 5.91 Å². The minimum Gasteiger partial charge on any atom is -0.490 e. The third-order valence-electron chi connectivity index (χ3n) is 3.80. The second kappa shape index (κ2) is 7.34. The molecule has 0 aliphatic carbocycles. The van der Waals surface area contributed by atoms with Gasteiger partial charge in [-0.3, -0.25) is 4.79 Å². The van der Waals surface area contributed by atoms with E-state index in [1.807, 2.05) is 45.0 Å². The number of para-hydroxylation sites is 1. The van der Waals surface area contributed by atoms with E-state index in [0.29, 0.717) is 35.3 Å². The van der Waals surface area contributed by atoms with Crippen LogP contribution < -0.4 is 14.8 Å². The lowest BCUT2D eigenvalue weighted by atomic mass is 10.1. The summed E-state index contributed by atoms with van der Waals surface area (Å²) in [6.07, 6.45) is 2.61. The second-order valence-electron chi connectivity index (χ2n) is 5.67. The zero-order valence-electron chi connectivity index (χ0n) is 14.6. The van der Waals surface area contributed by atoms with E-state index in [0.717, 1.165) is 17.7 Å². The maximum absolute atomic E-state index is 12.5. The lowest BCUT2D eigenvalue weighted by Crippen LogP contribution is -2.22. The van der Waals surface area contributed by atoms with Crippen molar-refractivity contribution in [3.05, 3.63) is 46.9 Å². The standard InChI is InChI=1S/C19H21N3O3/c1-4-15-10-17(21-12(3)20-15)22-19(23)14-9-13-7-6-8-16(24-5-2)18(13)25-11-14/h6-10H,4-5,11H2,1-3H3,(H,20,21,22,23). The van der Waals surface area contributed by atoms with Gasteiger partial charge in [-0.05, 0) is 32.4 Å². The van der Waals surface area contributed by atoms with Crippen LogP contribution in [0.4, 0.5) is 5.82 Å². The van der Waals surface area contributed by atoms with Crippen molar-refractivity contribution < 1.29 is 14.3 Å². The summed E-state index contributed by atoms with van der Waals surface area (Å²) in [4.78, 5) is 21.1. The quantitative estimate of drug-likeness (QED) is 0.906. The van der Waals surface area contributed by atoms with Crippen LogP contribution in [0.3, 0.4) is 0 Å². The molecule has 25 heavy (non-hydrogen) atoms. The van der Waals surface area contributed by atoms with Crippen LogP contribution in [0.2, 0.25) is 0 Å². The molecule has 3 rings (SSSR count). The number of aryl methyl sites for hydroxylation is 2. The molecule has 1 aliphatic heterocycles. The van der Waals surface area contributed by atoms with E-state index in [2.05, 4.69) is 15.3 Å². The van der Waals surface area contributed by atoms with Gasteiger partial charge >= 0.3 is 0 Å². The maximum atomic E-state index is 12.5. The third kappa shape index (κ3) is 3.79. The van der Waals surface area contributed by atoms with Crippen LogP contribution >= 0.6 is 0 Å². The summed E-state index contributed by atoms with van der Waals surface area (Å²) >= 11 is 0. The highest BCUT2D eigenvalue weighted by molar-refractivity contribution is 6.07. The van der Waals surface area contributed by atoms with Gasteiger partial charge in [-0.2, -0.15) is 0 Å². The van der Waals surface area contributed by atoms with Gasteiger partial charge < -0.3 is 14.8 Å². The number of amides is 1. The molecule has 0 spiro atoms. The lowest BCUT2D eigenvalue weighted by Gasteiger charge is -2.20. The number of benzene rings is 1. The maximum Gasteiger partial charge on any atom is 0.256 e. The van der Waals surface area contributed by atoms with Gasteiger partial charge in [-0.1, -0.05) is 19.1 Å². The first-order chi connectivity index (χ1) is 12.1. The number of hydrogen-bond acceptors (Lipinski definition) is 5. The van der Waals surface area contributed by atoms with Crippen LogP contribution in [0.15, 0.2) is 29.8 Å². The van der Waals surface area contributed by atoms with Crippen LogP contribution in [-0.2, 0) is 11.2 Å². The Bertz CT molecular complexity index is 831. The molecule has 0 saturated heterocycles. The summed E-state index contributed by atoms with van der Waals surface area (Å²) in [7, 11) is 0. The molecule has 6 nitrogen and oxygen atoms in total. The number of ether oxygens (including phenoxy) is 2. The number of anilines is 1. The molecule has 1 aromatic heterocycles. The minimum atomic E-state index is -0.229. The highest BCUT2D eigenvalue weighted by Crippen LogP contribution is 2.35. The Hall–Kier alpha value is -2.89. The molecule has 1 aromatic carbocycles.